The molecule has 0 amide bonds. The number of nitrogens with one attached hydrogen (secondary N) is 1. The Morgan fingerprint density at radius 3 is 2.67 bits per heavy atom. The summed E-state index contributed by atoms with van der Waals surface area (Å²) in [5.74, 6) is 0.890. The number of anilines is 1. The normalized spacial score (nSPS) is 12.0. The summed E-state index contributed by atoms with van der Waals surface area (Å²) in [4.78, 5) is 0. The minimum atomic E-state index is 0.0712. The van der Waals surface area contributed by atoms with E-state index in [9.17, 15) is 0 Å². The van der Waals surface area contributed by atoms with Crippen LogP contribution in [0, 0.1) is 6.92 Å². The highest BCUT2D eigenvalue weighted by molar-refractivity contribution is 6.35. The minimum Gasteiger partial charge on any atom is -0.489 e. The predicted molar refractivity (Wildman–Crippen MR) is 90.8 cm³/mol. The molecule has 0 fully saturated rings. The van der Waals surface area contributed by atoms with E-state index in [0.29, 0.717) is 16.6 Å². The molecule has 0 heterocycles. The molecule has 2 rings (SSSR count). The molecular formula is C17H19Cl2NO. The van der Waals surface area contributed by atoms with Gasteiger partial charge in [0.2, 0.25) is 0 Å². The van der Waals surface area contributed by atoms with Crippen LogP contribution in [0.1, 0.15) is 18.9 Å². The third kappa shape index (κ3) is 4.83. The van der Waals surface area contributed by atoms with Crippen molar-refractivity contribution in [3.8, 4) is 5.75 Å². The van der Waals surface area contributed by atoms with Crippen LogP contribution in [0.2, 0.25) is 10.0 Å². The molecule has 112 valence electrons. The summed E-state index contributed by atoms with van der Waals surface area (Å²) >= 11 is 12.1. The van der Waals surface area contributed by atoms with E-state index in [0.717, 1.165) is 17.9 Å². The topological polar surface area (TPSA) is 21.3 Å². The molecule has 1 N–H and O–H groups in total. The fourth-order valence-corrected chi connectivity index (χ4v) is 2.36. The highest BCUT2D eigenvalue weighted by Crippen LogP contribution is 2.25. The average molecular weight is 324 g/mol. The van der Waals surface area contributed by atoms with Gasteiger partial charge in [0.25, 0.3) is 0 Å². The average Bonchev–Trinajstić information content (AvgIpc) is 2.46. The number of hydrogen-bond donors (Lipinski definition) is 1. The van der Waals surface area contributed by atoms with Crippen molar-refractivity contribution in [3.63, 3.8) is 0 Å². The Balaban J connectivity index is 1.98. The van der Waals surface area contributed by atoms with Gasteiger partial charge in [-0.05, 0) is 49.2 Å². The smallest absolute Gasteiger partial charge is 0.120 e. The van der Waals surface area contributed by atoms with Gasteiger partial charge in [0.05, 0.1) is 17.3 Å². The van der Waals surface area contributed by atoms with Gasteiger partial charge >= 0.3 is 0 Å². The largest absolute Gasteiger partial charge is 0.489 e. The molecule has 2 aromatic carbocycles. The maximum Gasteiger partial charge on any atom is 0.120 e. The summed E-state index contributed by atoms with van der Waals surface area (Å²) in [6.07, 6.45) is 0.973. The lowest BCUT2D eigenvalue weighted by Crippen LogP contribution is -2.25. The Labute approximate surface area is 136 Å². The van der Waals surface area contributed by atoms with Crippen LogP contribution in [0.5, 0.6) is 5.75 Å². The third-order valence-electron chi connectivity index (χ3n) is 3.20. The van der Waals surface area contributed by atoms with Crippen molar-refractivity contribution in [2.24, 2.45) is 0 Å². The molecule has 0 bridgehead atoms. The van der Waals surface area contributed by atoms with Gasteiger partial charge in [0.1, 0.15) is 11.9 Å². The van der Waals surface area contributed by atoms with E-state index >= 15 is 0 Å². The zero-order valence-corrected chi connectivity index (χ0v) is 13.7. The summed E-state index contributed by atoms with van der Waals surface area (Å²) in [7, 11) is 0. The summed E-state index contributed by atoms with van der Waals surface area (Å²) in [6.45, 7) is 4.82. The zero-order valence-electron chi connectivity index (χ0n) is 12.2. The predicted octanol–water partition coefficient (Wildman–Crippen LogP) is 5.57. The van der Waals surface area contributed by atoms with E-state index in [1.54, 1.807) is 12.1 Å². The first-order chi connectivity index (χ1) is 10.1. The minimum absolute atomic E-state index is 0.0712. The number of aryl methyl sites for hydroxylation is 1. The van der Waals surface area contributed by atoms with Crippen LogP contribution in [0.25, 0.3) is 0 Å². The number of benzene rings is 2. The highest BCUT2D eigenvalue weighted by Gasteiger charge is 2.09. The van der Waals surface area contributed by atoms with Gasteiger partial charge in [-0.1, -0.05) is 42.3 Å². The highest BCUT2D eigenvalue weighted by atomic mass is 35.5. The molecule has 0 aromatic heterocycles. The summed E-state index contributed by atoms with van der Waals surface area (Å²) in [5, 5.41) is 4.62. The first kappa shape index (κ1) is 16.0. The van der Waals surface area contributed by atoms with Gasteiger partial charge in [-0.2, -0.15) is 0 Å². The summed E-state index contributed by atoms with van der Waals surface area (Å²) < 4.78 is 6.00. The number of rotatable bonds is 6. The molecule has 0 aliphatic heterocycles. The molecule has 0 aliphatic carbocycles. The Morgan fingerprint density at radius 2 is 1.95 bits per heavy atom. The van der Waals surface area contributed by atoms with Crippen molar-refractivity contribution >= 4 is 28.9 Å². The second-order valence-electron chi connectivity index (χ2n) is 4.97. The Hall–Kier alpha value is -1.38. The molecule has 0 saturated heterocycles. The SMILES string of the molecule is CCC(CNc1cc(Cl)ccc1Cl)Oc1cccc(C)c1. The Kier molecular flexibility index (Phi) is 5.77. The molecule has 0 saturated carbocycles. The fourth-order valence-electron chi connectivity index (χ4n) is 2.01. The van der Waals surface area contributed by atoms with Crippen LogP contribution < -0.4 is 10.1 Å². The molecule has 2 aromatic rings. The molecule has 1 atom stereocenters. The molecule has 0 spiro atoms. The lowest BCUT2D eigenvalue weighted by Gasteiger charge is -2.19. The molecular weight excluding hydrogens is 305 g/mol. The quantitative estimate of drug-likeness (QED) is 0.750. The molecule has 2 nitrogen and oxygen atoms in total. The summed E-state index contributed by atoms with van der Waals surface area (Å²) in [5.41, 5.74) is 2.02. The Morgan fingerprint density at radius 1 is 1.14 bits per heavy atom. The molecule has 0 aliphatic rings. The van der Waals surface area contributed by atoms with Gasteiger partial charge in [0.15, 0.2) is 0 Å². The van der Waals surface area contributed by atoms with Crippen LogP contribution in [0.3, 0.4) is 0 Å². The van der Waals surface area contributed by atoms with Crippen molar-refractivity contribution in [2.75, 3.05) is 11.9 Å². The van der Waals surface area contributed by atoms with Crippen LogP contribution in [-0.4, -0.2) is 12.6 Å². The van der Waals surface area contributed by atoms with E-state index < -0.39 is 0 Å². The van der Waals surface area contributed by atoms with Gasteiger partial charge in [-0.25, -0.2) is 0 Å². The van der Waals surface area contributed by atoms with E-state index in [-0.39, 0.29) is 6.10 Å². The zero-order chi connectivity index (χ0) is 15.2. The van der Waals surface area contributed by atoms with Crippen LogP contribution in [0.15, 0.2) is 42.5 Å². The molecule has 0 radical (unpaired) electrons. The Bertz CT molecular complexity index is 601. The van der Waals surface area contributed by atoms with Crippen molar-refractivity contribution in [3.05, 3.63) is 58.1 Å². The first-order valence-electron chi connectivity index (χ1n) is 7.00. The molecule has 4 heteroatoms. The molecule has 21 heavy (non-hydrogen) atoms. The van der Waals surface area contributed by atoms with Gasteiger partial charge in [-0.3, -0.25) is 0 Å². The van der Waals surface area contributed by atoms with Crippen LogP contribution >= 0.6 is 23.2 Å². The fraction of sp³-hybridized carbons (Fsp3) is 0.294. The second-order valence-corrected chi connectivity index (χ2v) is 5.81. The number of ether oxygens (including phenoxy) is 1. The first-order valence-corrected chi connectivity index (χ1v) is 7.76. The van der Waals surface area contributed by atoms with Gasteiger partial charge < -0.3 is 10.1 Å². The number of hydrogen-bond acceptors (Lipinski definition) is 2. The number of halogens is 2. The lowest BCUT2D eigenvalue weighted by molar-refractivity contribution is 0.210. The standard InChI is InChI=1S/C17H19Cl2NO/c1-3-14(21-15-6-4-5-12(2)9-15)11-20-17-10-13(18)7-8-16(17)19/h4-10,14,20H,3,11H2,1-2H3. The van der Waals surface area contributed by atoms with Crippen molar-refractivity contribution in [1.29, 1.82) is 0 Å². The van der Waals surface area contributed by atoms with E-state index in [1.165, 1.54) is 5.56 Å². The van der Waals surface area contributed by atoms with Crippen LogP contribution in [-0.2, 0) is 0 Å². The van der Waals surface area contributed by atoms with Crippen LogP contribution in [0.4, 0.5) is 5.69 Å². The van der Waals surface area contributed by atoms with Gasteiger partial charge in [-0.15, -0.1) is 0 Å². The molecule has 1 unspecified atom stereocenters. The van der Waals surface area contributed by atoms with Crippen molar-refractivity contribution < 1.29 is 4.74 Å². The summed E-state index contributed by atoms with van der Waals surface area (Å²) in [6, 6.07) is 13.4. The maximum absolute atomic E-state index is 6.14. The maximum atomic E-state index is 6.14. The second kappa shape index (κ2) is 7.58. The van der Waals surface area contributed by atoms with E-state index in [2.05, 4.69) is 25.2 Å². The van der Waals surface area contributed by atoms with Crippen molar-refractivity contribution in [1.82, 2.24) is 0 Å². The van der Waals surface area contributed by atoms with Crippen molar-refractivity contribution in [2.45, 2.75) is 26.4 Å². The van der Waals surface area contributed by atoms with Gasteiger partial charge in [0, 0.05) is 5.02 Å². The lowest BCUT2D eigenvalue weighted by atomic mass is 10.2. The third-order valence-corrected chi connectivity index (χ3v) is 3.76. The monoisotopic (exact) mass is 323 g/mol. The van der Waals surface area contributed by atoms with E-state index in [4.69, 9.17) is 27.9 Å². The van der Waals surface area contributed by atoms with E-state index in [1.807, 2.05) is 24.3 Å².